The van der Waals surface area contributed by atoms with Gasteiger partial charge in [0.2, 0.25) is 5.91 Å². The predicted molar refractivity (Wildman–Crippen MR) is 99.4 cm³/mol. The van der Waals surface area contributed by atoms with Crippen molar-refractivity contribution in [3.8, 4) is 0 Å². The minimum atomic E-state index is -0.594. The lowest BCUT2D eigenvalue weighted by Crippen LogP contribution is -2.27. The van der Waals surface area contributed by atoms with Gasteiger partial charge in [-0.15, -0.1) is 0 Å². The van der Waals surface area contributed by atoms with Gasteiger partial charge in [-0.05, 0) is 63.6 Å². The number of benzene rings is 2. The van der Waals surface area contributed by atoms with E-state index in [1.807, 2.05) is 0 Å². The molecule has 2 rings (SSSR count). The highest BCUT2D eigenvalue weighted by Gasteiger charge is 2.18. The number of carbonyl (C=O) groups is 3. The van der Waals surface area contributed by atoms with E-state index >= 15 is 0 Å². The minimum absolute atomic E-state index is 0.227. The summed E-state index contributed by atoms with van der Waals surface area (Å²) in [6, 6.07) is 11.3. The van der Waals surface area contributed by atoms with E-state index < -0.39 is 17.6 Å². The molecule has 0 unspecified atom stereocenters. The van der Waals surface area contributed by atoms with Crippen molar-refractivity contribution in [1.29, 1.82) is 0 Å². The molecule has 0 heterocycles. The molecule has 0 saturated carbocycles. The van der Waals surface area contributed by atoms with Gasteiger partial charge in [0.05, 0.1) is 0 Å². The topological polar surface area (TPSA) is 98.5 Å². The molecule has 3 N–H and O–H groups in total. The maximum Gasteiger partial charge on any atom is 0.412 e. The van der Waals surface area contributed by atoms with Crippen molar-refractivity contribution in [3.05, 3.63) is 64.7 Å². The van der Waals surface area contributed by atoms with Crippen LogP contribution in [0.4, 0.5) is 10.5 Å². The van der Waals surface area contributed by atoms with Gasteiger partial charge < -0.3 is 10.5 Å². The molecule has 0 radical (unpaired) electrons. The Bertz CT molecular complexity index is 849. The number of hydrogen-bond acceptors (Lipinski definition) is 4. The van der Waals surface area contributed by atoms with Crippen molar-refractivity contribution in [2.75, 3.05) is 5.32 Å². The van der Waals surface area contributed by atoms with Crippen molar-refractivity contribution >= 4 is 23.5 Å². The standard InChI is InChI=1S/C20H22N2O4/c1-12-15(6-5-7-16(12)18(21)24)17(23)13-8-10-14(11-9-13)22-19(25)26-20(2,3)4/h5-11H,1-4H3,(H2,21,24)(H,22,25). The van der Waals surface area contributed by atoms with Gasteiger partial charge in [-0.3, -0.25) is 14.9 Å². The maximum absolute atomic E-state index is 12.7. The smallest absolute Gasteiger partial charge is 0.412 e. The molecule has 0 aliphatic rings. The first kappa shape index (κ1) is 19.2. The van der Waals surface area contributed by atoms with Gasteiger partial charge in [-0.2, -0.15) is 0 Å². The molecule has 0 atom stereocenters. The first-order valence-electron chi connectivity index (χ1n) is 8.12. The Morgan fingerprint density at radius 1 is 0.962 bits per heavy atom. The van der Waals surface area contributed by atoms with Gasteiger partial charge >= 0.3 is 6.09 Å². The summed E-state index contributed by atoms with van der Waals surface area (Å²) < 4.78 is 5.18. The van der Waals surface area contributed by atoms with Crippen LogP contribution in [0.25, 0.3) is 0 Å². The van der Waals surface area contributed by atoms with Gasteiger partial charge in [0.1, 0.15) is 5.60 Å². The van der Waals surface area contributed by atoms with Crippen LogP contribution in [0.3, 0.4) is 0 Å². The highest BCUT2D eigenvalue weighted by Crippen LogP contribution is 2.19. The Balaban J connectivity index is 2.18. The lowest BCUT2D eigenvalue weighted by molar-refractivity contribution is 0.0635. The van der Waals surface area contributed by atoms with Gasteiger partial charge in [0.25, 0.3) is 0 Å². The number of ketones is 1. The Labute approximate surface area is 152 Å². The van der Waals surface area contributed by atoms with Gasteiger partial charge in [0.15, 0.2) is 5.78 Å². The number of rotatable bonds is 4. The van der Waals surface area contributed by atoms with E-state index in [-0.39, 0.29) is 5.78 Å². The second-order valence-corrected chi connectivity index (χ2v) is 6.88. The molecule has 0 aliphatic heterocycles. The van der Waals surface area contributed by atoms with Crippen LogP contribution in [0.5, 0.6) is 0 Å². The molecule has 26 heavy (non-hydrogen) atoms. The number of nitrogens with one attached hydrogen (secondary N) is 1. The highest BCUT2D eigenvalue weighted by molar-refractivity contribution is 6.11. The average Bonchev–Trinajstić information content (AvgIpc) is 2.53. The molecule has 2 aromatic carbocycles. The first-order valence-corrected chi connectivity index (χ1v) is 8.12. The number of hydrogen-bond donors (Lipinski definition) is 2. The van der Waals surface area contributed by atoms with Gasteiger partial charge in [-0.25, -0.2) is 4.79 Å². The predicted octanol–water partition coefficient (Wildman–Crippen LogP) is 3.67. The fraction of sp³-hybridized carbons (Fsp3) is 0.250. The zero-order valence-corrected chi connectivity index (χ0v) is 15.3. The summed E-state index contributed by atoms with van der Waals surface area (Å²) in [5.41, 5.74) is 6.96. The highest BCUT2D eigenvalue weighted by atomic mass is 16.6. The van der Waals surface area contributed by atoms with Crippen molar-refractivity contribution in [1.82, 2.24) is 0 Å². The van der Waals surface area contributed by atoms with E-state index in [1.165, 1.54) is 0 Å². The Morgan fingerprint density at radius 3 is 2.08 bits per heavy atom. The van der Waals surface area contributed by atoms with Crippen LogP contribution in [0.15, 0.2) is 42.5 Å². The number of ether oxygens (including phenoxy) is 1. The lowest BCUT2D eigenvalue weighted by atomic mass is 9.95. The Morgan fingerprint density at radius 2 is 1.54 bits per heavy atom. The molecule has 0 aliphatic carbocycles. The monoisotopic (exact) mass is 354 g/mol. The fourth-order valence-corrected chi connectivity index (χ4v) is 2.43. The first-order chi connectivity index (χ1) is 12.1. The maximum atomic E-state index is 12.7. The molecule has 2 aromatic rings. The van der Waals surface area contributed by atoms with Crippen LogP contribution < -0.4 is 11.1 Å². The molecular weight excluding hydrogens is 332 g/mol. The minimum Gasteiger partial charge on any atom is -0.444 e. The summed E-state index contributed by atoms with van der Waals surface area (Å²) in [6.45, 7) is 7.01. The zero-order valence-electron chi connectivity index (χ0n) is 15.3. The average molecular weight is 354 g/mol. The molecule has 0 bridgehead atoms. The normalized spacial score (nSPS) is 10.9. The Hall–Kier alpha value is -3.15. The number of amides is 2. The largest absolute Gasteiger partial charge is 0.444 e. The van der Waals surface area contributed by atoms with Crippen molar-refractivity contribution in [2.45, 2.75) is 33.3 Å². The van der Waals surface area contributed by atoms with Crippen LogP contribution in [0.2, 0.25) is 0 Å². The molecule has 0 spiro atoms. The van der Waals surface area contributed by atoms with Crippen LogP contribution in [0.1, 0.15) is 52.6 Å². The summed E-state index contributed by atoms with van der Waals surface area (Å²) in [6.07, 6.45) is -0.568. The summed E-state index contributed by atoms with van der Waals surface area (Å²) >= 11 is 0. The number of anilines is 1. The molecule has 2 amide bonds. The van der Waals surface area contributed by atoms with E-state index in [2.05, 4.69) is 5.32 Å². The zero-order chi connectivity index (χ0) is 19.5. The summed E-state index contributed by atoms with van der Waals surface area (Å²) in [7, 11) is 0. The van der Waals surface area contributed by atoms with Crippen LogP contribution in [0, 0.1) is 6.92 Å². The molecular formula is C20H22N2O4. The molecule has 136 valence electrons. The Kier molecular flexibility index (Phi) is 5.45. The van der Waals surface area contributed by atoms with E-state index in [1.54, 1.807) is 70.2 Å². The van der Waals surface area contributed by atoms with E-state index in [0.29, 0.717) is 27.9 Å². The third kappa shape index (κ3) is 4.69. The van der Waals surface area contributed by atoms with Gasteiger partial charge in [0, 0.05) is 22.4 Å². The van der Waals surface area contributed by atoms with Crippen molar-refractivity contribution in [3.63, 3.8) is 0 Å². The molecule has 0 fully saturated rings. The SMILES string of the molecule is Cc1c(C(N)=O)cccc1C(=O)c1ccc(NC(=O)OC(C)(C)C)cc1. The molecule has 6 nitrogen and oxygen atoms in total. The number of carbonyl (C=O) groups excluding carboxylic acids is 3. The van der Waals surface area contributed by atoms with Crippen LogP contribution in [-0.4, -0.2) is 23.4 Å². The summed E-state index contributed by atoms with van der Waals surface area (Å²) in [5.74, 6) is -0.802. The van der Waals surface area contributed by atoms with Crippen molar-refractivity contribution < 1.29 is 19.1 Å². The molecule has 0 aromatic heterocycles. The summed E-state index contributed by atoms with van der Waals surface area (Å²) in [4.78, 5) is 35.9. The third-order valence-corrected chi connectivity index (χ3v) is 3.64. The van der Waals surface area contributed by atoms with E-state index in [4.69, 9.17) is 10.5 Å². The van der Waals surface area contributed by atoms with E-state index in [9.17, 15) is 14.4 Å². The van der Waals surface area contributed by atoms with Crippen LogP contribution >= 0.6 is 0 Å². The fourth-order valence-electron chi connectivity index (χ4n) is 2.43. The number of primary amides is 1. The lowest BCUT2D eigenvalue weighted by Gasteiger charge is -2.19. The second-order valence-electron chi connectivity index (χ2n) is 6.88. The third-order valence-electron chi connectivity index (χ3n) is 3.64. The summed E-state index contributed by atoms with van der Waals surface area (Å²) in [5, 5.41) is 2.61. The second kappa shape index (κ2) is 7.39. The van der Waals surface area contributed by atoms with Crippen molar-refractivity contribution in [2.24, 2.45) is 5.73 Å². The van der Waals surface area contributed by atoms with E-state index in [0.717, 1.165) is 0 Å². The number of nitrogens with two attached hydrogens (primary N) is 1. The van der Waals surface area contributed by atoms with Crippen LogP contribution in [-0.2, 0) is 4.74 Å². The quantitative estimate of drug-likeness (QED) is 0.818. The van der Waals surface area contributed by atoms with Gasteiger partial charge in [-0.1, -0.05) is 12.1 Å². The molecule has 0 saturated heterocycles. The molecule has 6 heteroatoms.